The fourth-order valence-electron chi connectivity index (χ4n) is 9.90. The van der Waals surface area contributed by atoms with E-state index < -0.39 is 58.7 Å². The predicted molar refractivity (Wildman–Crippen MR) is 266 cm³/mol. The second-order valence-corrected chi connectivity index (χ2v) is 20.3. The summed E-state index contributed by atoms with van der Waals surface area (Å²) in [6, 6.07) is 3.33. The average molecular weight is 1000 g/mol. The minimum atomic E-state index is -1.95. The van der Waals surface area contributed by atoms with Gasteiger partial charge in [-0.25, -0.2) is 4.98 Å². The third-order valence-electron chi connectivity index (χ3n) is 14.6. The summed E-state index contributed by atoms with van der Waals surface area (Å²) in [6.45, 7) is 24.7. The molecule has 0 spiro atoms. The number of esters is 1. The first-order valence-corrected chi connectivity index (χ1v) is 24.7. The molecule has 0 radical (unpaired) electrons. The maximum atomic E-state index is 14.9. The van der Waals surface area contributed by atoms with Crippen molar-refractivity contribution in [2.75, 3.05) is 48.3 Å². The number of aliphatic hydroxyl groups excluding tert-OH is 1. The first-order valence-electron chi connectivity index (χ1n) is 23.6. The third-order valence-corrected chi connectivity index (χ3v) is 15.0. The molecule has 16 heteroatoms. The molecule has 366 valence electrons. The number of carbonyl (C=O) groups is 3. The van der Waals surface area contributed by atoms with Crippen LogP contribution in [0.5, 0.6) is 17.2 Å². The van der Waals surface area contributed by atoms with Crippen molar-refractivity contribution in [3.05, 3.63) is 69.6 Å². The fraction of sp³-hybridized carbons (Fsp3) is 0.519. The second kappa shape index (κ2) is 19.9. The van der Waals surface area contributed by atoms with Gasteiger partial charge >= 0.3 is 11.8 Å². The van der Waals surface area contributed by atoms with Crippen LogP contribution >= 0.6 is 15.9 Å². The standard InChI is InChI=1S/C52H65BrN4O11/c1-25(2)24-56-16-18-57(19-17-56)34-21-35(58)41-36(22-34)66-49-42(54-41)38-39-45(61)33(10)48-40(38)50(63)52(11,68-48)65-20-15-26(3)29(6)30(7)31(8)44(60)32(9)47(67-37(59)23-53)27(4)13-12-14-28(5)51(64)55-43(49)46(39)62/h12-15,20-22,25-27,29-32,44,47,58,60-61H,16-19,23-24H2,1-11H3,(H,55,64)/b13-12+,20-15+,28-14-/t26-,27-,29+,30+,31-,32-,44-,47-,52-/m0/s1. The Hall–Kier alpha value is -5.45. The molecule has 1 saturated heterocycles. The molecule has 6 aliphatic rings. The van der Waals surface area contributed by atoms with E-state index in [9.17, 15) is 34.5 Å². The van der Waals surface area contributed by atoms with Crippen LogP contribution in [0, 0.1) is 48.3 Å². The summed E-state index contributed by atoms with van der Waals surface area (Å²) in [4.78, 5) is 66.0. The largest absolute Gasteiger partial charge is 0.507 e. The van der Waals surface area contributed by atoms with Crippen LogP contribution in [0.1, 0.15) is 85.2 Å². The lowest BCUT2D eigenvalue weighted by molar-refractivity contribution is -0.154. The van der Waals surface area contributed by atoms with Gasteiger partial charge in [-0.15, -0.1) is 0 Å². The molecule has 15 nitrogen and oxygen atoms in total. The molecule has 4 N–H and O–H groups in total. The van der Waals surface area contributed by atoms with E-state index in [1.54, 1.807) is 37.3 Å². The van der Waals surface area contributed by atoms with Crippen LogP contribution in [0.15, 0.2) is 57.5 Å². The number of anilines is 2. The molecule has 2 aromatic rings. The van der Waals surface area contributed by atoms with E-state index in [1.807, 2.05) is 33.8 Å². The number of Topliss-reactive ketones (excluding diaryl/α,β-unsaturated/α-hetero) is 1. The van der Waals surface area contributed by atoms with E-state index in [0.717, 1.165) is 19.6 Å². The lowest BCUT2D eigenvalue weighted by atomic mass is 9.72. The number of carbonyl (C=O) groups excluding carboxylic acids is 3. The quantitative estimate of drug-likeness (QED) is 0.0640. The summed E-state index contributed by atoms with van der Waals surface area (Å²) in [6.07, 6.45) is 6.61. The minimum Gasteiger partial charge on any atom is -0.507 e. The number of ketones is 1. The van der Waals surface area contributed by atoms with Crippen molar-refractivity contribution >= 4 is 66.8 Å². The number of aliphatic hydroxyl groups is 1. The van der Waals surface area contributed by atoms with Crippen LogP contribution < -0.4 is 20.4 Å². The van der Waals surface area contributed by atoms with Crippen LogP contribution in [0.2, 0.25) is 0 Å². The number of fused-ring (bicyclic) bond motifs is 14. The van der Waals surface area contributed by atoms with Crippen LogP contribution in [-0.4, -0.2) is 98.9 Å². The Morgan fingerprint density at radius 2 is 1.65 bits per heavy atom. The Labute approximate surface area is 405 Å². The third kappa shape index (κ3) is 9.47. The highest BCUT2D eigenvalue weighted by molar-refractivity contribution is 9.09. The number of ether oxygens (including phenoxy) is 3. The number of amides is 1. The molecule has 0 unspecified atom stereocenters. The highest BCUT2D eigenvalue weighted by Crippen LogP contribution is 2.51. The topological polar surface area (TPSA) is 201 Å². The molecule has 1 amide bonds. The summed E-state index contributed by atoms with van der Waals surface area (Å²) in [5, 5.41) is 37.6. The van der Waals surface area contributed by atoms with Crippen molar-refractivity contribution < 1.29 is 48.3 Å². The van der Waals surface area contributed by atoms with Crippen LogP contribution in [-0.2, 0) is 19.1 Å². The zero-order valence-corrected chi connectivity index (χ0v) is 42.4. The number of rotatable bonds is 5. The Bertz CT molecular complexity index is 2740. The number of aromatic hydroxyl groups is 2. The summed E-state index contributed by atoms with van der Waals surface area (Å²) in [5.41, 5.74) is -0.307. The van der Waals surface area contributed by atoms with Crippen molar-refractivity contribution in [3.63, 3.8) is 0 Å². The van der Waals surface area contributed by atoms with Gasteiger partial charge in [0.25, 0.3) is 11.7 Å². The number of aromatic nitrogens is 1. The predicted octanol–water partition coefficient (Wildman–Crippen LogP) is 8.70. The highest BCUT2D eigenvalue weighted by atomic mass is 79.9. The molecule has 2 aromatic carbocycles. The van der Waals surface area contributed by atoms with Crippen molar-refractivity contribution in [3.8, 4) is 28.7 Å². The van der Waals surface area contributed by atoms with E-state index in [-0.39, 0.29) is 96.2 Å². The summed E-state index contributed by atoms with van der Waals surface area (Å²) >= 11 is 3.19. The number of phenolic OH excluding ortho intramolecular Hbond substituents is 2. The van der Waals surface area contributed by atoms with E-state index in [4.69, 9.17) is 23.6 Å². The van der Waals surface area contributed by atoms with E-state index in [2.05, 4.69) is 58.7 Å². The van der Waals surface area contributed by atoms with Gasteiger partial charge in [0, 0.05) is 85.8 Å². The average Bonchev–Trinajstić information content (AvgIpc) is 3.57. The van der Waals surface area contributed by atoms with Gasteiger partial charge < -0.3 is 44.2 Å². The SMILES string of the molecule is C/C1=C/C=C/[C@H](C)[C@H](OC(=O)CBr)[C@@H](C)[C@@H](O)[C@@H](C)[C@H](C)[C@H](C)[C@@H](C)/C=C/O[C@@]2(C)Oc3c(C)c(O)c4c(=O)c(c5oc6cc(N7CCN(CC(C)C)CC7)cc(O)c6nc-5c4c3C2=O)NC1=O. The Kier molecular flexibility index (Phi) is 14.7. The first-order chi connectivity index (χ1) is 32.1. The summed E-state index contributed by atoms with van der Waals surface area (Å²) in [7, 11) is 0. The lowest BCUT2D eigenvalue weighted by Crippen LogP contribution is -2.47. The molecule has 5 aliphatic heterocycles. The van der Waals surface area contributed by atoms with Crippen LogP contribution in [0.4, 0.5) is 11.4 Å². The monoisotopic (exact) mass is 1000 g/mol. The Balaban J connectivity index is 1.42. The Morgan fingerprint density at radius 3 is 2.31 bits per heavy atom. The van der Waals surface area contributed by atoms with Gasteiger partial charge in [0.05, 0.1) is 23.3 Å². The number of allylic oxidation sites excluding steroid dienone is 3. The second-order valence-electron chi connectivity index (χ2n) is 19.8. The zero-order valence-electron chi connectivity index (χ0n) is 40.8. The highest BCUT2D eigenvalue weighted by Gasteiger charge is 2.50. The molecular weight excluding hydrogens is 936 g/mol. The van der Waals surface area contributed by atoms with Crippen molar-refractivity contribution in [1.82, 2.24) is 9.88 Å². The molecular formula is C52H65BrN4O11. The van der Waals surface area contributed by atoms with Crippen molar-refractivity contribution in [2.45, 2.75) is 94.2 Å². The molecule has 0 saturated carbocycles. The maximum Gasteiger partial charge on any atom is 0.316 e. The summed E-state index contributed by atoms with van der Waals surface area (Å²) in [5.74, 6) is -5.50. The first kappa shape index (κ1) is 50.4. The number of benzene rings is 3. The smallest absolute Gasteiger partial charge is 0.316 e. The van der Waals surface area contributed by atoms with Gasteiger partial charge in [-0.05, 0) is 49.5 Å². The molecule has 68 heavy (non-hydrogen) atoms. The van der Waals surface area contributed by atoms with E-state index >= 15 is 0 Å². The molecule has 0 aromatic heterocycles. The summed E-state index contributed by atoms with van der Waals surface area (Å²) < 4.78 is 24.9. The molecule has 9 atom stereocenters. The molecule has 5 heterocycles. The molecule has 1 aliphatic carbocycles. The van der Waals surface area contributed by atoms with E-state index in [1.165, 1.54) is 20.1 Å². The van der Waals surface area contributed by atoms with Crippen LogP contribution in [0.3, 0.4) is 0 Å². The number of piperazine rings is 1. The van der Waals surface area contributed by atoms with Gasteiger partial charge in [-0.1, -0.05) is 89.5 Å². The number of phenols is 2. The lowest BCUT2D eigenvalue weighted by Gasteiger charge is -2.38. The fourth-order valence-corrected chi connectivity index (χ4v) is 10.0. The number of nitrogens with zero attached hydrogens (tertiary/aromatic N) is 3. The van der Waals surface area contributed by atoms with Gasteiger partial charge in [-0.3, -0.25) is 24.1 Å². The van der Waals surface area contributed by atoms with Gasteiger partial charge in [0.1, 0.15) is 45.6 Å². The molecule has 1 fully saturated rings. The molecule has 8 rings (SSSR count). The van der Waals surface area contributed by atoms with Gasteiger partial charge in [-0.2, -0.15) is 0 Å². The minimum absolute atomic E-state index is 0.00110. The van der Waals surface area contributed by atoms with Crippen molar-refractivity contribution in [2.24, 2.45) is 41.4 Å². The zero-order chi connectivity index (χ0) is 49.7. The normalized spacial score (nSPS) is 29.5. The number of hydrogen-bond donors (Lipinski definition) is 4. The van der Waals surface area contributed by atoms with Gasteiger partial charge in [0.15, 0.2) is 11.3 Å². The van der Waals surface area contributed by atoms with Gasteiger partial charge in [0.2, 0.25) is 5.43 Å². The Morgan fingerprint density at radius 1 is 0.956 bits per heavy atom. The molecule has 5 bridgehead atoms. The van der Waals surface area contributed by atoms with Crippen molar-refractivity contribution in [1.29, 1.82) is 0 Å². The number of alkyl halides is 1. The van der Waals surface area contributed by atoms with E-state index in [0.29, 0.717) is 24.7 Å². The number of nitrogens with one attached hydrogen (secondary N) is 1. The number of hydrogen-bond acceptors (Lipinski definition) is 14. The number of halogens is 1. The maximum absolute atomic E-state index is 14.9. The van der Waals surface area contributed by atoms with Crippen LogP contribution in [0.25, 0.3) is 33.3 Å².